The minimum Gasteiger partial charge on any atom is -0.508 e. The monoisotopic (exact) mass is 307 g/mol. The van der Waals surface area contributed by atoms with Gasteiger partial charge in [0.1, 0.15) is 11.5 Å². The van der Waals surface area contributed by atoms with Gasteiger partial charge in [-0.2, -0.15) is 0 Å². The van der Waals surface area contributed by atoms with E-state index in [-0.39, 0.29) is 6.04 Å². The van der Waals surface area contributed by atoms with Gasteiger partial charge in [0.2, 0.25) is 0 Å². The molecule has 0 aliphatic heterocycles. The highest BCUT2D eigenvalue weighted by molar-refractivity contribution is 5.89. The Hall–Kier alpha value is -2.52. The lowest BCUT2D eigenvalue weighted by Crippen LogP contribution is -2.21. The summed E-state index contributed by atoms with van der Waals surface area (Å²) in [4.78, 5) is 2.12. The fraction of sp³-hybridized carbons (Fsp3) is 0.200. The predicted molar refractivity (Wildman–Crippen MR) is 94.1 cm³/mol. The fourth-order valence-electron chi connectivity index (χ4n) is 3.09. The van der Waals surface area contributed by atoms with Crippen molar-refractivity contribution in [3.05, 3.63) is 71.8 Å². The smallest absolute Gasteiger partial charge is 0.121 e. The number of hydrogen-bond donors (Lipinski definition) is 1. The molecule has 0 saturated carbocycles. The second-order valence-corrected chi connectivity index (χ2v) is 5.86. The Balaban J connectivity index is 2.25. The van der Waals surface area contributed by atoms with Crippen LogP contribution >= 0.6 is 0 Å². The topological polar surface area (TPSA) is 32.7 Å². The molecule has 0 aliphatic rings. The lowest BCUT2D eigenvalue weighted by atomic mass is 9.92. The first-order valence-electron chi connectivity index (χ1n) is 7.63. The summed E-state index contributed by atoms with van der Waals surface area (Å²) in [6.07, 6.45) is 0. The molecule has 1 unspecified atom stereocenters. The highest BCUT2D eigenvalue weighted by Crippen LogP contribution is 2.39. The normalized spacial score (nSPS) is 12.5. The van der Waals surface area contributed by atoms with Gasteiger partial charge in [0.15, 0.2) is 0 Å². The zero-order valence-corrected chi connectivity index (χ0v) is 13.7. The first kappa shape index (κ1) is 15.4. The summed E-state index contributed by atoms with van der Waals surface area (Å²) in [5.41, 5.74) is 2.07. The minimum atomic E-state index is -0.0201. The Morgan fingerprint density at radius 2 is 1.70 bits per heavy atom. The van der Waals surface area contributed by atoms with Crippen LogP contribution in [0, 0.1) is 0 Å². The number of methoxy groups -OCH3 is 1. The maximum atomic E-state index is 10.6. The maximum absolute atomic E-state index is 10.6. The van der Waals surface area contributed by atoms with Crippen molar-refractivity contribution in [2.24, 2.45) is 0 Å². The second-order valence-electron chi connectivity index (χ2n) is 5.86. The Morgan fingerprint density at radius 3 is 2.35 bits per heavy atom. The van der Waals surface area contributed by atoms with Gasteiger partial charge in [0, 0.05) is 5.56 Å². The molecule has 23 heavy (non-hydrogen) atoms. The minimum absolute atomic E-state index is 0.0201. The van der Waals surface area contributed by atoms with E-state index < -0.39 is 0 Å². The van der Waals surface area contributed by atoms with Gasteiger partial charge in [0.05, 0.1) is 13.2 Å². The average molecular weight is 307 g/mol. The highest BCUT2D eigenvalue weighted by Gasteiger charge is 2.22. The van der Waals surface area contributed by atoms with E-state index in [1.54, 1.807) is 13.2 Å². The molecule has 0 aromatic heterocycles. The quantitative estimate of drug-likeness (QED) is 0.784. The molecule has 0 bridgehead atoms. The van der Waals surface area contributed by atoms with E-state index in [4.69, 9.17) is 4.74 Å². The molecule has 0 aliphatic carbocycles. The third-order valence-electron chi connectivity index (χ3n) is 4.15. The molecule has 3 nitrogen and oxygen atoms in total. The number of phenols is 1. The molecule has 0 spiro atoms. The molecule has 0 fully saturated rings. The van der Waals surface area contributed by atoms with Crippen molar-refractivity contribution < 1.29 is 9.84 Å². The van der Waals surface area contributed by atoms with Crippen molar-refractivity contribution in [1.82, 2.24) is 4.90 Å². The number of rotatable bonds is 4. The SMILES string of the molecule is COc1ccc2c(C(c3ccccc3)N(C)C)c(O)ccc2c1. The molecule has 3 aromatic carbocycles. The van der Waals surface area contributed by atoms with Gasteiger partial charge in [-0.25, -0.2) is 0 Å². The standard InChI is InChI=1S/C20H21NO2/c1-21(2)20(14-7-5-4-6-8-14)19-17-11-10-16(23-3)13-15(17)9-12-18(19)22/h4-13,20,22H,1-3H3. The van der Waals surface area contributed by atoms with Gasteiger partial charge in [0.25, 0.3) is 0 Å². The third-order valence-corrected chi connectivity index (χ3v) is 4.15. The Labute approximate surface area is 136 Å². The Bertz CT molecular complexity index is 812. The summed E-state index contributed by atoms with van der Waals surface area (Å²) in [6, 6.07) is 19.8. The van der Waals surface area contributed by atoms with Crippen LogP contribution in [0.15, 0.2) is 60.7 Å². The van der Waals surface area contributed by atoms with Crippen LogP contribution in [-0.4, -0.2) is 31.2 Å². The van der Waals surface area contributed by atoms with Crippen molar-refractivity contribution in [2.45, 2.75) is 6.04 Å². The van der Waals surface area contributed by atoms with E-state index in [0.29, 0.717) is 5.75 Å². The number of nitrogens with zero attached hydrogens (tertiary/aromatic N) is 1. The van der Waals surface area contributed by atoms with Crippen LogP contribution < -0.4 is 4.74 Å². The van der Waals surface area contributed by atoms with Crippen molar-refractivity contribution in [1.29, 1.82) is 0 Å². The molecule has 118 valence electrons. The molecule has 0 heterocycles. The number of hydrogen-bond acceptors (Lipinski definition) is 3. The van der Waals surface area contributed by atoms with Gasteiger partial charge in [-0.1, -0.05) is 42.5 Å². The van der Waals surface area contributed by atoms with Crippen molar-refractivity contribution in [3.63, 3.8) is 0 Å². The predicted octanol–water partition coefficient (Wildman–Crippen LogP) is 4.21. The molecular weight excluding hydrogens is 286 g/mol. The van der Waals surface area contributed by atoms with Gasteiger partial charge < -0.3 is 9.84 Å². The lowest BCUT2D eigenvalue weighted by Gasteiger charge is -2.27. The number of fused-ring (bicyclic) bond motifs is 1. The molecule has 1 N–H and O–H groups in total. The summed E-state index contributed by atoms with van der Waals surface area (Å²) >= 11 is 0. The van der Waals surface area contributed by atoms with Crippen LogP contribution in [0.2, 0.25) is 0 Å². The van der Waals surface area contributed by atoms with Crippen LogP contribution in [0.1, 0.15) is 17.2 Å². The van der Waals surface area contributed by atoms with Crippen LogP contribution in [0.4, 0.5) is 0 Å². The summed E-state index contributed by atoms with van der Waals surface area (Å²) < 4.78 is 5.31. The maximum Gasteiger partial charge on any atom is 0.121 e. The second kappa shape index (κ2) is 6.31. The summed E-state index contributed by atoms with van der Waals surface area (Å²) in [5, 5.41) is 12.6. The van der Waals surface area contributed by atoms with Crippen LogP contribution in [0.5, 0.6) is 11.5 Å². The summed E-state index contributed by atoms with van der Waals surface area (Å²) in [5.74, 6) is 1.13. The number of benzene rings is 3. The van der Waals surface area contributed by atoms with Crippen LogP contribution in [0.3, 0.4) is 0 Å². The van der Waals surface area contributed by atoms with Crippen molar-refractivity contribution in [3.8, 4) is 11.5 Å². The largest absolute Gasteiger partial charge is 0.508 e. The van der Waals surface area contributed by atoms with E-state index in [0.717, 1.165) is 27.6 Å². The van der Waals surface area contributed by atoms with E-state index in [9.17, 15) is 5.11 Å². The van der Waals surface area contributed by atoms with E-state index in [1.807, 2.05) is 56.6 Å². The van der Waals surface area contributed by atoms with Gasteiger partial charge in [-0.3, -0.25) is 4.90 Å². The molecule has 1 atom stereocenters. The van der Waals surface area contributed by atoms with Gasteiger partial charge in [-0.15, -0.1) is 0 Å². The molecule has 3 rings (SSSR count). The van der Waals surface area contributed by atoms with Crippen LogP contribution in [0.25, 0.3) is 10.8 Å². The number of aromatic hydroxyl groups is 1. The van der Waals surface area contributed by atoms with Crippen molar-refractivity contribution >= 4 is 10.8 Å². The zero-order chi connectivity index (χ0) is 16.4. The first-order chi connectivity index (χ1) is 11.1. The highest BCUT2D eigenvalue weighted by atomic mass is 16.5. The van der Waals surface area contributed by atoms with E-state index in [1.165, 1.54) is 0 Å². The molecule has 3 heteroatoms. The van der Waals surface area contributed by atoms with Gasteiger partial charge in [-0.05, 0) is 48.6 Å². The fourth-order valence-corrected chi connectivity index (χ4v) is 3.09. The summed E-state index contributed by atoms with van der Waals surface area (Å²) in [7, 11) is 5.72. The molecule has 0 radical (unpaired) electrons. The molecule has 0 saturated heterocycles. The van der Waals surface area contributed by atoms with E-state index >= 15 is 0 Å². The molecular formula is C20H21NO2. The van der Waals surface area contributed by atoms with Crippen LogP contribution in [-0.2, 0) is 0 Å². The third kappa shape index (κ3) is 2.88. The Morgan fingerprint density at radius 1 is 0.957 bits per heavy atom. The molecule has 3 aromatic rings. The zero-order valence-electron chi connectivity index (χ0n) is 13.7. The van der Waals surface area contributed by atoms with Gasteiger partial charge >= 0.3 is 0 Å². The Kier molecular flexibility index (Phi) is 4.22. The number of phenolic OH excluding ortho intramolecular Hbond substituents is 1. The lowest BCUT2D eigenvalue weighted by molar-refractivity contribution is 0.333. The summed E-state index contributed by atoms with van der Waals surface area (Å²) in [6.45, 7) is 0. The average Bonchev–Trinajstić information content (AvgIpc) is 2.57. The molecule has 0 amide bonds. The van der Waals surface area contributed by atoms with E-state index in [2.05, 4.69) is 17.0 Å². The first-order valence-corrected chi connectivity index (χ1v) is 7.63. The van der Waals surface area contributed by atoms with Crippen molar-refractivity contribution in [2.75, 3.05) is 21.2 Å². The number of ether oxygens (including phenoxy) is 1.